The van der Waals surface area contributed by atoms with E-state index in [1.54, 1.807) is 0 Å². The number of rotatable bonds is 1. The first kappa shape index (κ1) is 14.1. The van der Waals surface area contributed by atoms with E-state index in [9.17, 15) is 0 Å². The second-order valence-corrected chi connectivity index (χ2v) is 6.34. The minimum absolute atomic E-state index is 0.119. The molecule has 2 radical (unpaired) electrons. The Morgan fingerprint density at radius 3 is 2.00 bits per heavy atom. The summed E-state index contributed by atoms with van der Waals surface area (Å²) in [5.41, 5.74) is 0. The van der Waals surface area contributed by atoms with Gasteiger partial charge in [0.2, 0.25) is 0 Å². The number of hydrogen-bond acceptors (Lipinski definition) is 0. The molecule has 1 heteroatoms. The lowest BCUT2D eigenvalue weighted by atomic mass is 9.56. The fraction of sp³-hybridized carbons (Fsp3) is 1.00. The first-order valence-electron chi connectivity index (χ1n) is 7.33. The van der Waals surface area contributed by atoms with Crippen LogP contribution in [-0.2, 0) is 0 Å². The largest absolute Gasteiger partial charge is 0.0749 e. The molecule has 0 heterocycles. The second-order valence-electron chi connectivity index (χ2n) is 6.34. The lowest BCUT2D eigenvalue weighted by Gasteiger charge is -2.35. The van der Waals surface area contributed by atoms with Crippen molar-refractivity contribution < 1.29 is 0 Å². The molecule has 2 atom stereocenters. The first-order chi connectivity index (χ1) is 7.54. The van der Waals surface area contributed by atoms with Crippen LogP contribution in [-0.4, -0.2) is 7.85 Å². The Kier molecular flexibility index (Phi) is 5.93. The average molecular weight is 220 g/mol. The molecular weight excluding hydrogens is 191 g/mol. The highest BCUT2D eigenvalue weighted by Crippen LogP contribution is 2.43. The van der Waals surface area contributed by atoms with Gasteiger partial charge >= 0.3 is 0 Å². The minimum atomic E-state index is 0.119. The summed E-state index contributed by atoms with van der Waals surface area (Å²) in [4.78, 5) is 0. The zero-order valence-electron chi connectivity index (χ0n) is 11.6. The first-order valence-corrected chi connectivity index (χ1v) is 7.33. The molecule has 1 aliphatic rings. The van der Waals surface area contributed by atoms with E-state index < -0.39 is 0 Å². The standard InChI is InChI=1S/C15H29B/c1-13(2)15(16)11-7-4-5-9-14(3)10-6-8-12-15/h13-14H,4-12H2,1-3H3. The molecular formula is C15H29B. The van der Waals surface area contributed by atoms with E-state index in [2.05, 4.69) is 20.8 Å². The molecule has 1 saturated carbocycles. The van der Waals surface area contributed by atoms with E-state index in [0.717, 1.165) is 5.92 Å². The lowest BCUT2D eigenvalue weighted by Crippen LogP contribution is -2.20. The quantitative estimate of drug-likeness (QED) is 0.537. The molecule has 0 amide bonds. The minimum Gasteiger partial charge on any atom is -0.0638 e. The molecule has 0 aromatic heterocycles. The lowest BCUT2D eigenvalue weighted by molar-refractivity contribution is 0.339. The van der Waals surface area contributed by atoms with Gasteiger partial charge < -0.3 is 0 Å². The van der Waals surface area contributed by atoms with Crippen molar-refractivity contribution in [3.8, 4) is 0 Å². The summed E-state index contributed by atoms with van der Waals surface area (Å²) in [6.07, 6.45) is 12.2. The molecule has 92 valence electrons. The summed E-state index contributed by atoms with van der Waals surface area (Å²) < 4.78 is 0. The maximum absolute atomic E-state index is 6.58. The van der Waals surface area contributed by atoms with Crippen molar-refractivity contribution in [2.24, 2.45) is 11.8 Å². The van der Waals surface area contributed by atoms with Crippen LogP contribution >= 0.6 is 0 Å². The smallest absolute Gasteiger partial charge is 0.0638 e. The molecule has 0 nitrogen and oxygen atoms in total. The van der Waals surface area contributed by atoms with Crippen molar-refractivity contribution in [2.75, 3.05) is 0 Å². The van der Waals surface area contributed by atoms with Gasteiger partial charge in [0, 0.05) is 0 Å². The molecule has 1 fully saturated rings. The maximum Gasteiger partial charge on any atom is 0.0749 e. The molecule has 0 spiro atoms. The maximum atomic E-state index is 6.58. The fourth-order valence-corrected chi connectivity index (χ4v) is 2.92. The predicted molar refractivity (Wildman–Crippen MR) is 74.0 cm³/mol. The molecule has 0 aliphatic heterocycles. The van der Waals surface area contributed by atoms with Crippen molar-refractivity contribution in [1.29, 1.82) is 0 Å². The van der Waals surface area contributed by atoms with Crippen LogP contribution in [0.1, 0.15) is 78.6 Å². The van der Waals surface area contributed by atoms with E-state index in [1.165, 1.54) is 57.8 Å². The van der Waals surface area contributed by atoms with Gasteiger partial charge in [-0.25, -0.2) is 0 Å². The van der Waals surface area contributed by atoms with Crippen LogP contribution in [0.15, 0.2) is 0 Å². The predicted octanol–water partition coefficient (Wildman–Crippen LogP) is 5.13. The van der Waals surface area contributed by atoms with Crippen molar-refractivity contribution in [1.82, 2.24) is 0 Å². The Bertz CT molecular complexity index is 188. The fourth-order valence-electron chi connectivity index (χ4n) is 2.92. The molecule has 1 aliphatic carbocycles. The topological polar surface area (TPSA) is 0 Å². The highest BCUT2D eigenvalue weighted by Gasteiger charge is 2.26. The van der Waals surface area contributed by atoms with Gasteiger partial charge in [-0.15, -0.1) is 0 Å². The SMILES string of the molecule is [B]C1(C(C)C)CCCCCC(C)CCCC1. The Labute approximate surface area is 104 Å². The van der Waals surface area contributed by atoms with Gasteiger partial charge in [0.15, 0.2) is 0 Å². The molecule has 0 N–H and O–H groups in total. The van der Waals surface area contributed by atoms with E-state index >= 15 is 0 Å². The van der Waals surface area contributed by atoms with Gasteiger partial charge in [0.05, 0.1) is 7.85 Å². The Morgan fingerprint density at radius 1 is 0.938 bits per heavy atom. The molecule has 2 unspecified atom stereocenters. The summed E-state index contributed by atoms with van der Waals surface area (Å²) >= 11 is 0. The third-order valence-electron chi connectivity index (χ3n) is 4.58. The summed E-state index contributed by atoms with van der Waals surface area (Å²) in [7, 11) is 6.58. The van der Waals surface area contributed by atoms with Crippen molar-refractivity contribution in [3.05, 3.63) is 0 Å². The Balaban J connectivity index is 2.49. The third kappa shape index (κ3) is 4.51. The number of hydrogen-bond donors (Lipinski definition) is 0. The van der Waals surface area contributed by atoms with Gasteiger partial charge in [-0.1, -0.05) is 83.9 Å². The van der Waals surface area contributed by atoms with Gasteiger partial charge in [0.1, 0.15) is 0 Å². The van der Waals surface area contributed by atoms with Gasteiger partial charge in [-0.3, -0.25) is 0 Å². The van der Waals surface area contributed by atoms with E-state index in [4.69, 9.17) is 7.85 Å². The van der Waals surface area contributed by atoms with Crippen LogP contribution in [0.3, 0.4) is 0 Å². The third-order valence-corrected chi connectivity index (χ3v) is 4.58. The highest BCUT2D eigenvalue weighted by molar-refractivity contribution is 6.15. The second kappa shape index (κ2) is 6.72. The molecule has 16 heavy (non-hydrogen) atoms. The normalized spacial score (nSPS) is 34.6. The van der Waals surface area contributed by atoms with Crippen LogP contribution in [0, 0.1) is 11.8 Å². The van der Waals surface area contributed by atoms with Gasteiger partial charge in [-0.05, 0) is 11.8 Å². The molecule has 1 rings (SSSR count). The van der Waals surface area contributed by atoms with Gasteiger partial charge in [-0.2, -0.15) is 0 Å². The van der Waals surface area contributed by atoms with Crippen molar-refractivity contribution in [3.63, 3.8) is 0 Å². The monoisotopic (exact) mass is 220 g/mol. The molecule has 0 aromatic carbocycles. The highest BCUT2D eigenvalue weighted by atomic mass is 14.3. The Morgan fingerprint density at radius 2 is 1.44 bits per heavy atom. The van der Waals surface area contributed by atoms with Gasteiger partial charge in [0.25, 0.3) is 0 Å². The summed E-state index contributed by atoms with van der Waals surface area (Å²) in [6, 6.07) is 0. The zero-order valence-corrected chi connectivity index (χ0v) is 11.6. The molecule has 0 bridgehead atoms. The van der Waals surface area contributed by atoms with Crippen LogP contribution in [0.4, 0.5) is 0 Å². The van der Waals surface area contributed by atoms with Crippen LogP contribution in [0.5, 0.6) is 0 Å². The van der Waals surface area contributed by atoms with E-state index in [0.29, 0.717) is 5.92 Å². The summed E-state index contributed by atoms with van der Waals surface area (Å²) in [5, 5.41) is 0.119. The summed E-state index contributed by atoms with van der Waals surface area (Å²) in [6.45, 7) is 7.00. The van der Waals surface area contributed by atoms with Crippen molar-refractivity contribution >= 4 is 7.85 Å². The van der Waals surface area contributed by atoms with E-state index in [1.807, 2.05) is 0 Å². The van der Waals surface area contributed by atoms with Crippen LogP contribution in [0.2, 0.25) is 5.31 Å². The van der Waals surface area contributed by atoms with Crippen LogP contribution in [0.25, 0.3) is 0 Å². The van der Waals surface area contributed by atoms with E-state index in [-0.39, 0.29) is 5.31 Å². The molecule has 0 saturated heterocycles. The van der Waals surface area contributed by atoms with Crippen molar-refractivity contribution in [2.45, 2.75) is 83.9 Å². The molecule has 0 aromatic rings. The average Bonchev–Trinajstić information content (AvgIpc) is 2.26. The summed E-state index contributed by atoms with van der Waals surface area (Å²) in [5.74, 6) is 1.56. The Hall–Kier alpha value is 0.0649. The zero-order chi connectivity index (χ0) is 12.0. The van der Waals surface area contributed by atoms with Crippen LogP contribution < -0.4 is 0 Å².